The van der Waals surface area contributed by atoms with Crippen LogP contribution in [0.25, 0.3) is 0 Å². The molecule has 0 rings (SSSR count). The van der Waals surface area contributed by atoms with Crippen molar-refractivity contribution in [3.8, 4) is 0 Å². The molecule has 0 aromatic heterocycles. The Bertz CT molecular complexity index is 375. The molecule has 0 aromatic carbocycles. The second-order valence-electron chi connectivity index (χ2n) is 6.48. The van der Waals surface area contributed by atoms with Crippen molar-refractivity contribution in [2.24, 2.45) is 5.92 Å². The highest BCUT2D eigenvalue weighted by atomic mass is 16.6. The lowest BCUT2D eigenvalue weighted by atomic mass is 10.2. The van der Waals surface area contributed by atoms with Crippen LogP contribution in [0.3, 0.4) is 0 Å². The molecule has 3 N–H and O–H groups in total. The van der Waals surface area contributed by atoms with Gasteiger partial charge >= 0.3 is 6.09 Å². The average Bonchev–Trinajstić information content (AvgIpc) is 2.34. The molecule has 7 nitrogen and oxygen atoms in total. The summed E-state index contributed by atoms with van der Waals surface area (Å²) >= 11 is 0. The molecular formula is C15H29N3O4. The highest BCUT2D eigenvalue weighted by molar-refractivity contribution is 5.79. The van der Waals surface area contributed by atoms with Crippen molar-refractivity contribution in [1.29, 1.82) is 0 Å². The second-order valence-corrected chi connectivity index (χ2v) is 6.48. The van der Waals surface area contributed by atoms with Crippen molar-refractivity contribution in [3.05, 3.63) is 0 Å². The van der Waals surface area contributed by atoms with E-state index in [0.29, 0.717) is 12.5 Å². The molecule has 0 aliphatic carbocycles. The zero-order valence-electron chi connectivity index (χ0n) is 14.2. The van der Waals surface area contributed by atoms with Crippen molar-refractivity contribution in [2.75, 3.05) is 19.6 Å². The number of alkyl carbamates (subject to hydrolysis) is 1. The van der Waals surface area contributed by atoms with Gasteiger partial charge in [-0.1, -0.05) is 13.8 Å². The van der Waals surface area contributed by atoms with Crippen LogP contribution >= 0.6 is 0 Å². The Morgan fingerprint density at radius 1 is 0.909 bits per heavy atom. The Morgan fingerprint density at radius 2 is 1.41 bits per heavy atom. The van der Waals surface area contributed by atoms with Crippen molar-refractivity contribution in [3.63, 3.8) is 0 Å². The fourth-order valence-corrected chi connectivity index (χ4v) is 1.40. The number of carbonyl (C=O) groups excluding carboxylic acids is 3. The Hall–Kier alpha value is -1.79. The van der Waals surface area contributed by atoms with Gasteiger partial charge < -0.3 is 20.7 Å². The van der Waals surface area contributed by atoms with Crippen LogP contribution in [0.5, 0.6) is 0 Å². The number of hydrogen-bond donors (Lipinski definition) is 3. The summed E-state index contributed by atoms with van der Waals surface area (Å²) in [6, 6.07) is 0. The smallest absolute Gasteiger partial charge is 0.407 e. The summed E-state index contributed by atoms with van der Waals surface area (Å²) in [6.07, 6.45) is -0.154. The largest absolute Gasteiger partial charge is 0.444 e. The molecule has 3 amide bonds. The van der Waals surface area contributed by atoms with E-state index >= 15 is 0 Å². The van der Waals surface area contributed by atoms with Crippen LogP contribution in [0.1, 0.15) is 47.5 Å². The van der Waals surface area contributed by atoms with Gasteiger partial charge in [-0.15, -0.1) is 0 Å². The number of amides is 3. The first kappa shape index (κ1) is 20.2. The minimum Gasteiger partial charge on any atom is -0.444 e. The molecule has 0 saturated carbocycles. The van der Waals surface area contributed by atoms with Gasteiger partial charge in [0.2, 0.25) is 11.8 Å². The van der Waals surface area contributed by atoms with E-state index in [1.165, 1.54) is 0 Å². The van der Waals surface area contributed by atoms with E-state index < -0.39 is 11.7 Å². The maximum atomic E-state index is 11.5. The molecule has 22 heavy (non-hydrogen) atoms. The molecule has 0 aromatic rings. The van der Waals surface area contributed by atoms with E-state index in [4.69, 9.17) is 4.74 Å². The first-order valence-corrected chi connectivity index (χ1v) is 7.60. The van der Waals surface area contributed by atoms with Crippen LogP contribution in [0.4, 0.5) is 4.79 Å². The second kappa shape index (κ2) is 10.0. The van der Waals surface area contributed by atoms with E-state index in [-0.39, 0.29) is 37.7 Å². The molecular weight excluding hydrogens is 286 g/mol. The third-order valence-corrected chi connectivity index (χ3v) is 2.40. The zero-order valence-corrected chi connectivity index (χ0v) is 14.2. The van der Waals surface area contributed by atoms with Gasteiger partial charge in [-0.3, -0.25) is 9.59 Å². The van der Waals surface area contributed by atoms with Gasteiger partial charge in [-0.2, -0.15) is 0 Å². The molecule has 0 unspecified atom stereocenters. The van der Waals surface area contributed by atoms with Crippen LogP contribution in [0.2, 0.25) is 0 Å². The van der Waals surface area contributed by atoms with E-state index in [1.807, 2.05) is 13.8 Å². The Balaban J connectivity index is 3.66. The summed E-state index contributed by atoms with van der Waals surface area (Å²) in [5, 5.41) is 7.90. The number of rotatable bonds is 8. The molecule has 0 bridgehead atoms. The number of carbonyl (C=O) groups is 3. The monoisotopic (exact) mass is 315 g/mol. The predicted octanol–water partition coefficient (Wildman–Crippen LogP) is 1.18. The molecule has 0 aliphatic heterocycles. The van der Waals surface area contributed by atoms with Crippen LogP contribution in [0.15, 0.2) is 0 Å². The average molecular weight is 315 g/mol. The topological polar surface area (TPSA) is 96.5 Å². The normalized spacial score (nSPS) is 11.0. The van der Waals surface area contributed by atoms with Crippen LogP contribution in [0, 0.1) is 5.92 Å². The first-order chi connectivity index (χ1) is 10.1. The molecule has 0 spiro atoms. The van der Waals surface area contributed by atoms with Gasteiger partial charge in [0.15, 0.2) is 0 Å². The molecule has 0 heterocycles. The molecule has 0 aliphatic rings. The molecule has 0 fully saturated rings. The maximum absolute atomic E-state index is 11.5. The minimum atomic E-state index is -0.560. The maximum Gasteiger partial charge on any atom is 0.407 e. The summed E-state index contributed by atoms with van der Waals surface area (Å²) in [6.45, 7) is 10.4. The Morgan fingerprint density at radius 3 is 1.91 bits per heavy atom. The van der Waals surface area contributed by atoms with Gasteiger partial charge in [-0.25, -0.2) is 4.79 Å². The quantitative estimate of drug-likeness (QED) is 0.626. The van der Waals surface area contributed by atoms with E-state index in [2.05, 4.69) is 16.0 Å². The molecule has 0 saturated heterocycles. The summed E-state index contributed by atoms with van der Waals surface area (Å²) < 4.78 is 5.04. The van der Waals surface area contributed by atoms with Gasteiger partial charge in [0.25, 0.3) is 0 Å². The Labute approximate surface area is 132 Å². The van der Waals surface area contributed by atoms with Crippen molar-refractivity contribution < 1.29 is 19.1 Å². The lowest BCUT2D eigenvalue weighted by Crippen LogP contribution is -2.36. The minimum absolute atomic E-state index is 0.0825. The highest BCUT2D eigenvalue weighted by Gasteiger charge is 2.15. The van der Waals surface area contributed by atoms with Crippen LogP contribution < -0.4 is 16.0 Å². The summed E-state index contributed by atoms with van der Waals surface area (Å²) in [4.78, 5) is 34.3. The number of hydrogen-bond acceptors (Lipinski definition) is 4. The Kier molecular flexibility index (Phi) is 9.21. The van der Waals surface area contributed by atoms with Crippen LogP contribution in [-0.4, -0.2) is 43.1 Å². The van der Waals surface area contributed by atoms with Crippen molar-refractivity contribution in [2.45, 2.75) is 53.1 Å². The van der Waals surface area contributed by atoms with E-state index in [1.54, 1.807) is 20.8 Å². The van der Waals surface area contributed by atoms with E-state index in [0.717, 1.165) is 0 Å². The zero-order chi connectivity index (χ0) is 17.2. The predicted molar refractivity (Wildman–Crippen MR) is 84.3 cm³/mol. The van der Waals surface area contributed by atoms with Gasteiger partial charge in [0.05, 0.1) is 0 Å². The first-order valence-electron chi connectivity index (χ1n) is 7.60. The summed E-state index contributed by atoms with van der Waals surface area (Å²) in [5.74, 6) is 0.103. The number of ether oxygens (including phenoxy) is 1. The molecule has 0 radical (unpaired) electrons. The van der Waals surface area contributed by atoms with Gasteiger partial charge in [-0.05, 0) is 26.7 Å². The van der Waals surface area contributed by atoms with Gasteiger partial charge in [0, 0.05) is 32.5 Å². The van der Waals surface area contributed by atoms with E-state index in [9.17, 15) is 14.4 Å². The SMILES string of the molecule is CC(C)CNC(=O)CCNC(=O)CCNC(=O)OC(C)(C)C. The fraction of sp³-hybridized carbons (Fsp3) is 0.800. The molecule has 7 heteroatoms. The lowest BCUT2D eigenvalue weighted by molar-refractivity contribution is -0.122. The van der Waals surface area contributed by atoms with Crippen LogP contribution in [-0.2, 0) is 14.3 Å². The lowest BCUT2D eigenvalue weighted by Gasteiger charge is -2.19. The molecule has 128 valence electrons. The third-order valence-electron chi connectivity index (χ3n) is 2.40. The fourth-order valence-electron chi connectivity index (χ4n) is 1.40. The standard InChI is InChI=1S/C15H29N3O4/c1-11(2)10-18-13(20)6-8-16-12(19)7-9-17-14(21)22-15(3,4)5/h11H,6-10H2,1-5H3,(H,16,19)(H,17,21)(H,18,20). The summed E-state index contributed by atoms with van der Waals surface area (Å²) in [5.41, 5.74) is -0.560. The third kappa shape index (κ3) is 13.2. The van der Waals surface area contributed by atoms with Crippen molar-refractivity contribution in [1.82, 2.24) is 16.0 Å². The summed E-state index contributed by atoms with van der Waals surface area (Å²) in [7, 11) is 0. The molecule has 0 atom stereocenters. The van der Waals surface area contributed by atoms with Gasteiger partial charge in [0.1, 0.15) is 5.60 Å². The number of nitrogens with one attached hydrogen (secondary N) is 3. The van der Waals surface area contributed by atoms with Crippen molar-refractivity contribution >= 4 is 17.9 Å². The highest BCUT2D eigenvalue weighted by Crippen LogP contribution is 2.06.